The third kappa shape index (κ3) is 5.64. The fourth-order valence-electron chi connectivity index (χ4n) is 3.68. The van der Waals surface area contributed by atoms with Crippen LogP contribution < -0.4 is 16.8 Å². The third-order valence-electron chi connectivity index (χ3n) is 5.47. The Morgan fingerprint density at radius 3 is 2.40 bits per heavy atom. The molecule has 2 aromatic rings. The average molecular weight is 413 g/mol. The van der Waals surface area contributed by atoms with Crippen molar-refractivity contribution in [3.63, 3.8) is 0 Å². The van der Waals surface area contributed by atoms with E-state index in [0.717, 1.165) is 16.7 Å². The number of nitrogens with two attached hydrogens (primary N) is 2. The molecule has 1 aliphatic heterocycles. The second kappa shape index (κ2) is 10.3. The zero-order chi connectivity index (χ0) is 21.5. The summed E-state index contributed by atoms with van der Waals surface area (Å²) in [5, 5.41) is 2.81. The van der Waals surface area contributed by atoms with Gasteiger partial charge in [0.25, 0.3) is 0 Å². The molecule has 3 unspecified atom stereocenters. The van der Waals surface area contributed by atoms with Gasteiger partial charge >= 0.3 is 0 Å². The number of nitrogens with zero attached hydrogens (tertiary/aromatic N) is 1. The molecular formula is C23H29FN4O2. The highest BCUT2D eigenvalue weighted by atomic mass is 19.1. The van der Waals surface area contributed by atoms with Gasteiger partial charge in [0.15, 0.2) is 0 Å². The number of hydrogen-bond acceptors (Lipinski definition) is 4. The van der Waals surface area contributed by atoms with Crippen LogP contribution in [0.5, 0.6) is 0 Å². The van der Waals surface area contributed by atoms with Crippen molar-refractivity contribution in [1.82, 2.24) is 10.2 Å². The monoisotopic (exact) mass is 412 g/mol. The van der Waals surface area contributed by atoms with Crippen LogP contribution in [0.15, 0.2) is 54.6 Å². The number of aryl methyl sites for hydroxylation is 1. The van der Waals surface area contributed by atoms with E-state index in [1.54, 1.807) is 0 Å². The summed E-state index contributed by atoms with van der Waals surface area (Å²) < 4.78 is 14.1. The maximum atomic E-state index is 14.1. The van der Waals surface area contributed by atoms with Crippen LogP contribution in [0.4, 0.5) is 4.39 Å². The first-order chi connectivity index (χ1) is 14.5. The van der Waals surface area contributed by atoms with E-state index in [2.05, 4.69) is 5.32 Å². The second-order valence-electron chi connectivity index (χ2n) is 7.71. The molecule has 2 amide bonds. The first kappa shape index (κ1) is 21.9. The molecule has 1 saturated heterocycles. The molecule has 30 heavy (non-hydrogen) atoms. The number of likely N-dealkylation sites (tertiary alicyclic amines) is 1. The summed E-state index contributed by atoms with van der Waals surface area (Å²) in [6.45, 7) is 0.661. The van der Waals surface area contributed by atoms with Crippen molar-refractivity contribution >= 4 is 11.8 Å². The van der Waals surface area contributed by atoms with Crippen LogP contribution in [-0.2, 0) is 29.1 Å². The Balaban J connectivity index is 1.56. The number of nitrogens with one attached hydrogen (secondary N) is 1. The molecule has 6 nitrogen and oxygen atoms in total. The summed E-state index contributed by atoms with van der Waals surface area (Å²) in [7, 11) is 0. The van der Waals surface area contributed by atoms with Crippen LogP contribution in [0.3, 0.4) is 0 Å². The van der Waals surface area contributed by atoms with Gasteiger partial charge in [-0.15, -0.1) is 0 Å². The van der Waals surface area contributed by atoms with E-state index in [1.807, 2.05) is 54.6 Å². The molecule has 5 N–H and O–H groups in total. The average Bonchev–Trinajstić information content (AvgIpc) is 3.18. The highest BCUT2D eigenvalue weighted by Gasteiger charge is 2.41. The molecule has 0 radical (unpaired) electrons. The molecule has 160 valence electrons. The zero-order valence-corrected chi connectivity index (χ0v) is 17.0. The Labute approximate surface area is 176 Å². The summed E-state index contributed by atoms with van der Waals surface area (Å²) in [6.07, 6.45) is -0.140. The summed E-state index contributed by atoms with van der Waals surface area (Å²) in [6, 6.07) is 15.7. The van der Waals surface area contributed by atoms with Crippen molar-refractivity contribution in [3.05, 3.63) is 71.3 Å². The molecule has 1 aliphatic rings. The maximum absolute atomic E-state index is 14.1. The van der Waals surface area contributed by atoms with Gasteiger partial charge in [0.2, 0.25) is 11.8 Å². The van der Waals surface area contributed by atoms with Gasteiger partial charge in [0.1, 0.15) is 12.2 Å². The number of halogens is 1. The van der Waals surface area contributed by atoms with E-state index in [1.165, 1.54) is 4.90 Å². The topological polar surface area (TPSA) is 101 Å². The summed E-state index contributed by atoms with van der Waals surface area (Å²) in [5.74, 6) is -0.736. The Kier molecular flexibility index (Phi) is 7.54. The van der Waals surface area contributed by atoms with Crippen LogP contribution in [0, 0.1) is 0 Å². The zero-order valence-electron chi connectivity index (χ0n) is 17.0. The summed E-state index contributed by atoms with van der Waals surface area (Å²) >= 11 is 0. The van der Waals surface area contributed by atoms with Crippen LogP contribution in [0.1, 0.15) is 29.5 Å². The molecule has 3 rings (SSSR count). The fraction of sp³-hybridized carbons (Fsp3) is 0.391. The van der Waals surface area contributed by atoms with Crippen molar-refractivity contribution < 1.29 is 14.0 Å². The molecule has 1 heterocycles. The highest BCUT2D eigenvalue weighted by Crippen LogP contribution is 2.22. The third-order valence-corrected chi connectivity index (χ3v) is 5.47. The number of hydrogen-bond donors (Lipinski definition) is 3. The van der Waals surface area contributed by atoms with E-state index in [-0.39, 0.29) is 24.8 Å². The fourth-order valence-corrected chi connectivity index (χ4v) is 3.68. The van der Waals surface area contributed by atoms with E-state index < -0.39 is 18.3 Å². The number of alkyl halides is 1. The quantitative estimate of drug-likeness (QED) is 0.614. The van der Waals surface area contributed by atoms with E-state index in [9.17, 15) is 14.0 Å². The predicted molar refractivity (Wildman–Crippen MR) is 114 cm³/mol. The number of carbonyl (C=O) groups is 2. The normalized spacial score (nSPS) is 19.5. The number of carbonyl (C=O) groups excluding carboxylic acids is 2. The van der Waals surface area contributed by atoms with Crippen molar-refractivity contribution in [2.75, 3.05) is 6.54 Å². The molecule has 3 atom stereocenters. The van der Waals surface area contributed by atoms with E-state index in [4.69, 9.17) is 11.5 Å². The van der Waals surface area contributed by atoms with Crippen molar-refractivity contribution in [2.24, 2.45) is 11.5 Å². The minimum absolute atomic E-state index is 0.00487. The lowest BCUT2D eigenvalue weighted by molar-refractivity contribution is -0.139. The largest absolute Gasteiger partial charge is 0.350 e. The smallest absolute Gasteiger partial charge is 0.243 e. The lowest BCUT2D eigenvalue weighted by Gasteiger charge is -2.26. The van der Waals surface area contributed by atoms with E-state index >= 15 is 0 Å². The van der Waals surface area contributed by atoms with Gasteiger partial charge in [-0.25, -0.2) is 4.39 Å². The van der Waals surface area contributed by atoms with Crippen molar-refractivity contribution in [2.45, 2.75) is 50.6 Å². The minimum atomic E-state index is -1.23. The molecule has 0 bridgehead atoms. The molecule has 0 aromatic heterocycles. The Morgan fingerprint density at radius 2 is 1.73 bits per heavy atom. The lowest BCUT2D eigenvalue weighted by atomic mass is 10.0. The van der Waals surface area contributed by atoms with Gasteiger partial charge in [0, 0.05) is 19.5 Å². The maximum Gasteiger partial charge on any atom is 0.243 e. The van der Waals surface area contributed by atoms with Crippen LogP contribution in [0.2, 0.25) is 0 Å². The molecule has 0 saturated carbocycles. The first-order valence-corrected chi connectivity index (χ1v) is 10.3. The van der Waals surface area contributed by atoms with Gasteiger partial charge in [-0.2, -0.15) is 0 Å². The first-order valence-electron chi connectivity index (χ1n) is 10.3. The van der Waals surface area contributed by atoms with Gasteiger partial charge < -0.3 is 21.7 Å². The van der Waals surface area contributed by atoms with Gasteiger partial charge in [-0.3, -0.25) is 9.59 Å². The van der Waals surface area contributed by atoms with Gasteiger partial charge in [-0.1, -0.05) is 54.6 Å². The second-order valence-corrected chi connectivity index (χ2v) is 7.71. The molecular weight excluding hydrogens is 383 g/mol. The Hall–Kier alpha value is -2.77. The number of rotatable bonds is 8. The summed E-state index contributed by atoms with van der Waals surface area (Å²) in [5.41, 5.74) is 14.7. The van der Waals surface area contributed by atoms with Crippen molar-refractivity contribution in [3.8, 4) is 0 Å². The van der Waals surface area contributed by atoms with Gasteiger partial charge in [0.05, 0.1) is 12.6 Å². The highest BCUT2D eigenvalue weighted by molar-refractivity contribution is 5.90. The van der Waals surface area contributed by atoms with Crippen LogP contribution >= 0.6 is 0 Å². The van der Waals surface area contributed by atoms with Gasteiger partial charge in [-0.05, 0) is 29.5 Å². The van der Waals surface area contributed by atoms with Crippen LogP contribution in [0.25, 0.3) is 0 Å². The minimum Gasteiger partial charge on any atom is -0.350 e. The van der Waals surface area contributed by atoms with Crippen molar-refractivity contribution in [1.29, 1.82) is 0 Å². The molecule has 0 aliphatic carbocycles. The molecule has 1 fully saturated rings. The molecule has 0 spiro atoms. The Bertz CT molecular complexity index is 844. The number of amides is 2. The summed E-state index contributed by atoms with van der Waals surface area (Å²) in [4.78, 5) is 26.8. The standard InChI is InChI=1S/C23H29FN4O2/c24-19-12-21(22(29)27-14-18-8-6-17(13-25)7-9-18)28(15-19)23(30)20(26)11-10-16-4-2-1-3-5-16/h1-9,19-21H,10-15,25-26H2,(H,27,29). The molecule has 2 aromatic carbocycles. The van der Waals surface area contributed by atoms with E-state index in [0.29, 0.717) is 25.9 Å². The SMILES string of the molecule is NCc1ccc(CNC(=O)C2CC(F)CN2C(=O)C(N)CCc2ccccc2)cc1. The number of benzene rings is 2. The Morgan fingerprint density at radius 1 is 1.07 bits per heavy atom. The van der Waals surface area contributed by atoms with Crippen LogP contribution in [-0.4, -0.2) is 41.5 Å². The lowest BCUT2D eigenvalue weighted by Crippen LogP contribution is -2.51. The predicted octanol–water partition coefficient (Wildman–Crippen LogP) is 1.66. The molecule has 7 heteroatoms.